The summed E-state index contributed by atoms with van der Waals surface area (Å²) in [5.74, 6) is 0. The minimum atomic E-state index is -0.554. The van der Waals surface area contributed by atoms with Crippen molar-refractivity contribution in [2.75, 3.05) is 0 Å². The van der Waals surface area contributed by atoms with Gasteiger partial charge in [-0.25, -0.2) is 4.79 Å². The van der Waals surface area contributed by atoms with Crippen LogP contribution in [-0.2, 0) is 10.3 Å². The predicted molar refractivity (Wildman–Crippen MR) is 67.0 cm³/mol. The lowest BCUT2D eigenvalue weighted by Crippen LogP contribution is -2.16. The number of isocyanates is 1. The van der Waals surface area contributed by atoms with Gasteiger partial charge in [-0.15, -0.1) is 0 Å². The molecule has 1 aromatic rings. The molecule has 0 saturated carbocycles. The van der Waals surface area contributed by atoms with E-state index in [1.807, 2.05) is 45.9 Å². The highest BCUT2D eigenvalue weighted by Gasteiger charge is 2.23. The molecule has 0 heterocycles. The van der Waals surface area contributed by atoms with Crippen LogP contribution in [0.1, 0.15) is 37.5 Å². The van der Waals surface area contributed by atoms with Crippen LogP contribution in [0.25, 0.3) is 5.57 Å². The van der Waals surface area contributed by atoms with Gasteiger partial charge in [0, 0.05) is 0 Å². The molecule has 0 amide bonds. The van der Waals surface area contributed by atoms with Gasteiger partial charge in [0.25, 0.3) is 0 Å². The number of nitrogens with zero attached hydrogens (tertiary/aromatic N) is 1. The molecule has 1 aromatic carbocycles. The maximum Gasteiger partial charge on any atom is 0.235 e. The molecule has 0 aromatic heterocycles. The van der Waals surface area contributed by atoms with Crippen LogP contribution in [0.15, 0.2) is 29.8 Å². The number of allylic oxidation sites excluding steroid dienone is 1. The van der Waals surface area contributed by atoms with Crippen molar-refractivity contribution in [2.45, 2.75) is 33.2 Å². The van der Waals surface area contributed by atoms with Crippen molar-refractivity contribution in [1.29, 1.82) is 0 Å². The monoisotopic (exact) mass is 215 g/mol. The Labute approximate surface area is 96.7 Å². The highest BCUT2D eigenvalue weighted by Crippen LogP contribution is 2.32. The Hall–Kier alpha value is -1.66. The van der Waals surface area contributed by atoms with E-state index in [4.69, 9.17) is 0 Å². The van der Waals surface area contributed by atoms with E-state index in [1.165, 1.54) is 0 Å². The average Bonchev–Trinajstić information content (AvgIpc) is 2.16. The van der Waals surface area contributed by atoms with E-state index in [0.29, 0.717) is 0 Å². The molecule has 0 atom stereocenters. The largest absolute Gasteiger partial charge is 0.235 e. The van der Waals surface area contributed by atoms with Crippen molar-refractivity contribution in [3.05, 3.63) is 41.5 Å². The number of hydrogen-bond donors (Lipinski definition) is 0. The van der Waals surface area contributed by atoms with Crippen LogP contribution in [0, 0.1) is 6.92 Å². The second kappa shape index (κ2) is 4.46. The molecule has 0 spiro atoms. The van der Waals surface area contributed by atoms with E-state index >= 15 is 0 Å². The number of hydrogen-bond acceptors (Lipinski definition) is 2. The van der Waals surface area contributed by atoms with Gasteiger partial charge in [0.05, 0.1) is 5.54 Å². The van der Waals surface area contributed by atoms with Crippen LogP contribution in [0.5, 0.6) is 0 Å². The summed E-state index contributed by atoms with van der Waals surface area (Å²) in [7, 11) is 0. The fourth-order valence-electron chi connectivity index (χ4n) is 1.92. The summed E-state index contributed by atoms with van der Waals surface area (Å²) in [6.45, 7) is 11.8. The number of aryl methyl sites for hydroxylation is 1. The lowest BCUT2D eigenvalue weighted by molar-refractivity contribution is 0.522. The second-order valence-corrected chi connectivity index (χ2v) is 4.54. The highest BCUT2D eigenvalue weighted by atomic mass is 16.1. The van der Waals surface area contributed by atoms with Crippen molar-refractivity contribution in [3.8, 4) is 0 Å². The third-order valence-electron chi connectivity index (χ3n) is 2.68. The Morgan fingerprint density at radius 2 is 2.06 bits per heavy atom. The number of rotatable bonds is 3. The van der Waals surface area contributed by atoms with Crippen LogP contribution >= 0.6 is 0 Å². The van der Waals surface area contributed by atoms with Crippen LogP contribution < -0.4 is 0 Å². The molecule has 2 heteroatoms. The van der Waals surface area contributed by atoms with Crippen molar-refractivity contribution >= 4 is 11.7 Å². The SMILES string of the molecule is C=C(C)c1c(C)cccc1C(C)(C)N=C=O. The Morgan fingerprint density at radius 3 is 2.56 bits per heavy atom. The van der Waals surface area contributed by atoms with Crippen LogP contribution in [0.4, 0.5) is 0 Å². The van der Waals surface area contributed by atoms with E-state index in [0.717, 1.165) is 22.3 Å². The first-order chi connectivity index (χ1) is 7.40. The normalized spacial score (nSPS) is 10.8. The molecule has 2 nitrogen and oxygen atoms in total. The third-order valence-corrected chi connectivity index (χ3v) is 2.68. The molecule has 0 aliphatic carbocycles. The topological polar surface area (TPSA) is 29.4 Å². The minimum absolute atomic E-state index is 0.554. The first-order valence-corrected chi connectivity index (χ1v) is 5.25. The summed E-state index contributed by atoms with van der Waals surface area (Å²) in [6, 6.07) is 5.99. The molecule has 1 rings (SSSR count). The van der Waals surface area contributed by atoms with E-state index in [2.05, 4.69) is 11.6 Å². The molecule has 0 saturated heterocycles. The Morgan fingerprint density at radius 1 is 1.44 bits per heavy atom. The zero-order valence-corrected chi connectivity index (χ0v) is 10.3. The average molecular weight is 215 g/mol. The van der Waals surface area contributed by atoms with E-state index in [1.54, 1.807) is 6.08 Å². The summed E-state index contributed by atoms with van der Waals surface area (Å²) in [4.78, 5) is 14.3. The van der Waals surface area contributed by atoms with Gasteiger partial charge in [0.1, 0.15) is 0 Å². The summed E-state index contributed by atoms with van der Waals surface area (Å²) in [5, 5.41) is 0. The van der Waals surface area contributed by atoms with Crippen LogP contribution in [0.3, 0.4) is 0 Å². The van der Waals surface area contributed by atoms with Crippen molar-refractivity contribution in [1.82, 2.24) is 0 Å². The molecule has 0 unspecified atom stereocenters. The lowest BCUT2D eigenvalue weighted by atomic mass is 9.86. The molecular formula is C14H17NO. The smallest absolute Gasteiger partial charge is 0.211 e. The molecule has 0 radical (unpaired) electrons. The molecule has 0 N–H and O–H groups in total. The molecular weight excluding hydrogens is 198 g/mol. The van der Waals surface area contributed by atoms with Gasteiger partial charge in [-0.05, 0) is 44.4 Å². The maximum absolute atomic E-state index is 10.4. The minimum Gasteiger partial charge on any atom is -0.211 e. The van der Waals surface area contributed by atoms with E-state index in [-0.39, 0.29) is 0 Å². The fourth-order valence-corrected chi connectivity index (χ4v) is 1.92. The molecule has 0 aliphatic heterocycles. The standard InChI is InChI=1S/C14H17NO/c1-10(2)13-11(3)7-6-8-12(13)14(4,5)15-9-16/h6-8H,1H2,2-5H3. The van der Waals surface area contributed by atoms with Crippen molar-refractivity contribution in [2.24, 2.45) is 4.99 Å². The van der Waals surface area contributed by atoms with E-state index < -0.39 is 5.54 Å². The van der Waals surface area contributed by atoms with Crippen LogP contribution in [0.2, 0.25) is 0 Å². The number of benzene rings is 1. The molecule has 16 heavy (non-hydrogen) atoms. The van der Waals surface area contributed by atoms with Gasteiger partial charge in [0.2, 0.25) is 6.08 Å². The zero-order valence-electron chi connectivity index (χ0n) is 10.3. The van der Waals surface area contributed by atoms with Gasteiger partial charge in [-0.1, -0.05) is 30.4 Å². The zero-order chi connectivity index (χ0) is 12.3. The third kappa shape index (κ3) is 2.29. The summed E-state index contributed by atoms with van der Waals surface area (Å²) in [6.07, 6.45) is 1.64. The first-order valence-electron chi connectivity index (χ1n) is 5.25. The predicted octanol–water partition coefficient (Wildman–Crippen LogP) is 3.60. The number of aliphatic imine (C=N–C) groups is 1. The van der Waals surface area contributed by atoms with Gasteiger partial charge < -0.3 is 0 Å². The van der Waals surface area contributed by atoms with Gasteiger partial charge in [0.15, 0.2) is 0 Å². The Balaban J connectivity index is 3.50. The lowest BCUT2D eigenvalue weighted by Gasteiger charge is -2.23. The first kappa shape index (κ1) is 12.4. The molecule has 0 aliphatic rings. The summed E-state index contributed by atoms with van der Waals surface area (Å²) in [5.41, 5.74) is 3.69. The Kier molecular flexibility index (Phi) is 3.46. The van der Waals surface area contributed by atoms with Gasteiger partial charge in [-0.2, -0.15) is 4.99 Å². The van der Waals surface area contributed by atoms with Crippen molar-refractivity contribution in [3.63, 3.8) is 0 Å². The van der Waals surface area contributed by atoms with Gasteiger partial charge >= 0.3 is 0 Å². The van der Waals surface area contributed by atoms with Gasteiger partial charge in [-0.3, -0.25) is 0 Å². The molecule has 0 fully saturated rings. The fraction of sp³-hybridized carbons (Fsp3) is 0.357. The highest BCUT2D eigenvalue weighted by molar-refractivity contribution is 5.68. The second-order valence-electron chi connectivity index (χ2n) is 4.54. The molecule has 0 bridgehead atoms. The molecule has 84 valence electrons. The maximum atomic E-state index is 10.4. The van der Waals surface area contributed by atoms with Crippen molar-refractivity contribution < 1.29 is 4.79 Å². The summed E-state index contributed by atoms with van der Waals surface area (Å²) < 4.78 is 0. The summed E-state index contributed by atoms with van der Waals surface area (Å²) >= 11 is 0. The Bertz CT molecular complexity index is 466. The van der Waals surface area contributed by atoms with Crippen LogP contribution in [-0.4, -0.2) is 6.08 Å². The quantitative estimate of drug-likeness (QED) is 0.559. The van der Waals surface area contributed by atoms with E-state index in [9.17, 15) is 4.79 Å². The number of carbonyl (C=O) groups excluding carboxylic acids is 1.